The zero-order valence-corrected chi connectivity index (χ0v) is 13.1. The van der Waals surface area contributed by atoms with Gasteiger partial charge in [-0.2, -0.15) is 11.8 Å². The molecular weight excluding hydrogens is 278 g/mol. The van der Waals surface area contributed by atoms with Gasteiger partial charge in [0, 0.05) is 22.9 Å². The second-order valence-electron chi connectivity index (χ2n) is 4.90. The lowest BCUT2D eigenvalue weighted by Gasteiger charge is -2.40. The molecule has 0 spiro atoms. The van der Waals surface area contributed by atoms with Gasteiger partial charge >= 0.3 is 6.03 Å². The van der Waals surface area contributed by atoms with E-state index in [1.807, 2.05) is 17.1 Å². The Balaban J connectivity index is 1.80. The van der Waals surface area contributed by atoms with Crippen molar-refractivity contribution in [3.63, 3.8) is 0 Å². The Morgan fingerprint density at radius 2 is 2.42 bits per heavy atom. The second-order valence-corrected chi connectivity index (χ2v) is 7.10. The summed E-state index contributed by atoms with van der Waals surface area (Å²) >= 11 is 3.45. The summed E-state index contributed by atoms with van der Waals surface area (Å²) in [5.74, 6) is 0. The summed E-state index contributed by atoms with van der Waals surface area (Å²) in [6, 6.07) is -0.0611. The van der Waals surface area contributed by atoms with Gasteiger partial charge in [0.1, 0.15) is 5.01 Å². The number of thiazole rings is 1. The second kappa shape index (κ2) is 6.61. The molecule has 1 aliphatic rings. The number of amides is 2. The van der Waals surface area contributed by atoms with Crippen LogP contribution in [-0.2, 0) is 0 Å². The summed E-state index contributed by atoms with van der Waals surface area (Å²) < 4.78 is 0.278. The van der Waals surface area contributed by atoms with Crippen LogP contribution in [0.5, 0.6) is 0 Å². The van der Waals surface area contributed by atoms with Crippen molar-refractivity contribution in [3.8, 4) is 0 Å². The van der Waals surface area contributed by atoms with Crippen LogP contribution in [0.25, 0.3) is 0 Å². The largest absolute Gasteiger partial charge is 0.337 e. The van der Waals surface area contributed by atoms with Crippen molar-refractivity contribution in [3.05, 3.63) is 16.6 Å². The van der Waals surface area contributed by atoms with Crippen molar-refractivity contribution < 1.29 is 4.79 Å². The highest BCUT2D eigenvalue weighted by atomic mass is 32.2. The molecule has 0 bridgehead atoms. The van der Waals surface area contributed by atoms with Crippen molar-refractivity contribution >= 4 is 29.1 Å². The molecule has 106 valence electrons. The molecular formula is C13H21N3OS2. The maximum atomic E-state index is 12.0. The monoisotopic (exact) mass is 299 g/mol. The number of thioether (sulfide) groups is 1. The summed E-state index contributed by atoms with van der Waals surface area (Å²) in [6.07, 6.45) is 8.45. The van der Waals surface area contributed by atoms with Gasteiger partial charge in [0.25, 0.3) is 0 Å². The van der Waals surface area contributed by atoms with E-state index in [1.165, 1.54) is 19.3 Å². The van der Waals surface area contributed by atoms with E-state index in [9.17, 15) is 4.79 Å². The van der Waals surface area contributed by atoms with Gasteiger partial charge in [-0.3, -0.25) is 0 Å². The van der Waals surface area contributed by atoms with Gasteiger partial charge in [0.15, 0.2) is 0 Å². The first kappa shape index (κ1) is 14.7. The van der Waals surface area contributed by atoms with Crippen LogP contribution in [-0.4, -0.2) is 28.6 Å². The smallest absolute Gasteiger partial charge is 0.315 e. The average molecular weight is 299 g/mol. The minimum absolute atomic E-state index is 0.0200. The molecule has 1 atom stereocenters. The van der Waals surface area contributed by atoms with E-state index in [0.29, 0.717) is 0 Å². The van der Waals surface area contributed by atoms with Crippen LogP contribution in [0.1, 0.15) is 43.7 Å². The van der Waals surface area contributed by atoms with Crippen LogP contribution in [0.15, 0.2) is 11.6 Å². The lowest BCUT2D eigenvalue weighted by molar-refractivity contribution is 0.232. The predicted molar refractivity (Wildman–Crippen MR) is 81.8 cm³/mol. The molecule has 1 heterocycles. The minimum atomic E-state index is -0.0811. The summed E-state index contributed by atoms with van der Waals surface area (Å²) in [7, 11) is 0. The van der Waals surface area contributed by atoms with Crippen LogP contribution >= 0.6 is 23.1 Å². The van der Waals surface area contributed by atoms with Gasteiger partial charge in [-0.05, 0) is 25.5 Å². The number of aromatic nitrogens is 1. The van der Waals surface area contributed by atoms with Gasteiger partial charge in [-0.1, -0.05) is 13.3 Å². The fourth-order valence-electron chi connectivity index (χ4n) is 2.22. The van der Waals surface area contributed by atoms with Crippen molar-refractivity contribution in [2.75, 3.05) is 12.8 Å². The number of carbonyl (C=O) groups is 1. The van der Waals surface area contributed by atoms with Crippen LogP contribution in [0.2, 0.25) is 0 Å². The molecule has 1 fully saturated rings. The molecule has 2 N–H and O–H groups in total. The van der Waals surface area contributed by atoms with Crippen molar-refractivity contribution in [1.29, 1.82) is 0 Å². The minimum Gasteiger partial charge on any atom is -0.337 e. The zero-order chi connectivity index (χ0) is 13.7. The third kappa shape index (κ3) is 3.63. The summed E-state index contributed by atoms with van der Waals surface area (Å²) in [5, 5.41) is 8.92. The van der Waals surface area contributed by atoms with E-state index < -0.39 is 0 Å². The summed E-state index contributed by atoms with van der Waals surface area (Å²) in [5.41, 5.74) is 0. The Bertz CT molecular complexity index is 399. The van der Waals surface area contributed by atoms with E-state index in [-0.39, 0.29) is 16.8 Å². The van der Waals surface area contributed by atoms with E-state index in [4.69, 9.17) is 0 Å². The SMILES string of the molecule is CCC(NC(=O)NCC1(SC)CCC1)c1nccs1. The number of nitrogens with one attached hydrogen (secondary N) is 2. The molecule has 2 rings (SSSR count). The zero-order valence-electron chi connectivity index (χ0n) is 11.4. The van der Waals surface area contributed by atoms with Crippen molar-refractivity contribution in [2.45, 2.75) is 43.4 Å². The predicted octanol–water partition coefficient (Wildman–Crippen LogP) is 3.18. The number of nitrogens with zero attached hydrogens (tertiary/aromatic N) is 1. The molecule has 0 radical (unpaired) electrons. The molecule has 2 amide bonds. The van der Waals surface area contributed by atoms with Crippen LogP contribution in [0.4, 0.5) is 4.79 Å². The van der Waals surface area contributed by atoms with Crippen molar-refractivity contribution in [2.24, 2.45) is 0 Å². The van der Waals surface area contributed by atoms with E-state index >= 15 is 0 Å². The molecule has 0 aromatic carbocycles. The number of hydrogen-bond donors (Lipinski definition) is 2. The lowest BCUT2D eigenvalue weighted by atomic mass is 9.84. The number of hydrogen-bond acceptors (Lipinski definition) is 4. The third-order valence-corrected chi connectivity index (χ3v) is 6.04. The molecule has 0 saturated heterocycles. The third-order valence-electron chi connectivity index (χ3n) is 3.73. The topological polar surface area (TPSA) is 54.0 Å². The Morgan fingerprint density at radius 3 is 2.89 bits per heavy atom. The van der Waals surface area contributed by atoms with E-state index in [2.05, 4.69) is 28.8 Å². The Hall–Kier alpha value is -0.750. The molecule has 4 nitrogen and oxygen atoms in total. The first-order chi connectivity index (χ1) is 9.19. The summed E-state index contributed by atoms with van der Waals surface area (Å²) in [6.45, 7) is 2.82. The summed E-state index contributed by atoms with van der Waals surface area (Å²) in [4.78, 5) is 16.2. The molecule has 1 aliphatic carbocycles. The standard InChI is InChI=1S/C13H21N3OS2/c1-3-10(11-14-7-8-19-11)16-12(17)15-9-13(18-2)5-4-6-13/h7-8,10H,3-6,9H2,1-2H3,(H2,15,16,17). The van der Waals surface area contributed by atoms with Crippen LogP contribution < -0.4 is 10.6 Å². The molecule has 1 unspecified atom stereocenters. The maximum Gasteiger partial charge on any atom is 0.315 e. The lowest BCUT2D eigenvalue weighted by Crippen LogP contribution is -2.48. The molecule has 0 aliphatic heterocycles. The average Bonchev–Trinajstić information content (AvgIpc) is 2.89. The fraction of sp³-hybridized carbons (Fsp3) is 0.692. The van der Waals surface area contributed by atoms with Crippen molar-refractivity contribution in [1.82, 2.24) is 15.6 Å². The number of rotatable bonds is 6. The first-order valence-corrected chi connectivity index (χ1v) is 8.78. The maximum absolute atomic E-state index is 12.0. The number of urea groups is 1. The molecule has 1 aromatic rings. The quantitative estimate of drug-likeness (QED) is 0.848. The molecule has 1 saturated carbocycles. The van der Waals surface area contributed by atoms with Crippen LogP contribution in [0.3, 0.4) is 0 Å². The first-order valence-electron chi connectivity index (χ1n) is 6.68. The molecule has 6 heteroatoms. The Labute approximate surface area is 122 Å². The normalized spacial score (nSPS) is 18.4. The molecule has 1 aromatic heterocycles. The van der Waals surface area contributed by atoms with Gasteiger partial charge in [0.2, 0.25) is 0 Å². The number of carbonyl (C=O) groups excluding carboxylic acids is 1. The molecule has 19 heavy (non-hydrogen) atoms. The fourth-order valence-corrected chi connectivity index (χ4v) is 3.91. The highest BCUT2D eigenvalue weighted by Gasteiger charge is 2.36. The Kier molecular flexibility index (Phi) is 5.10. The van der Waals surface area contributed by atoms with Gasteiger partial charge in [-0.25, -0.2) is 9.78 Å². The van der Waals surface area contributed by atoms with Gasteiger partial charge in [-0.15, -0.1) is 11.3 Å². The van der Waals surface area contributed by atoms with E-state index in [0.717, 1.165) is 18.0 Å². The van der Waals surface area contributed by atoms with Gasteiger partial charge < -0.3 is 10.6 Å². The Morgan fingerprint density at radius 1 is 1.63 bits per heavy atom. The highest BCUT2D eigenvalue weighted by molar-refractivity contribution is 8.00. The van der Waals surface area contributed by atoms with Gasteiger partial charge in [0.05, 0.1) is 6.04 Å². The highest BCUT2D eigenvalue weighted by Crippen LogP contribution is 2.42. The van der Waals surface area contributed by atoms with Crippen LogP contribution in [0, 0.1) is 0 Å². The van der Waals surface area contributed by atoms with E-state index in [1.54, 1.807) is 17.5 Å².